The minimum absolute atomic E-state index is 0.286. The number of imidazole rings is 1. The lowest BCUT2D eigenvalue weighted by Gasteiger charge is -2.31. The van der Waals surface area contributed by atoms with Crippen LogP contribution in [0.15, 0.2) is 18.2 Å². The molecule has 106 valence electrons. The predicted molar refractivity (Wildman–Crippen MR) is 77.2 cm³/mol. The maximum atomic E-state index is 11.3. The molecule has 5 heteroatoms. The van der Waals surface area contributed by atoms with Crippen molar-refractivity contribution in [1.29, 1.82) is 0 Å². The van der Waals surface area contributed by atoms with Gasteiger partial charge in [-0.2, -0.15) is 0 Å². The van der Waals surface area contributed by atoms with E-state index in [1.807, 2.05) is 13.0 Å². The number of hydrogen-bond acceptors (Lipinski definition) is 3. The highest BCUT2D eigenvalue weighted by Crippen LogP contribution is 2.28. The molecule has 0 radical (unpaired) electrons. The number of fused-ring (bicyclic) bond motifs is 1. The molecule has 2 heterocycles. The molecule has 1 saturated heterocycles. The summed E-state index contributed by atoms with van der Waals surface area (Å²) < 4.78 is 2.21. The molecule has 5 nitrogen and oxygen atoms in total. The van der Waals surface area contributed by atoms with Gasteiger partial charge in [-0.15, -0.1) is 0 Å². The summed E-state index contributed by atoms with van der Waals surface area (Å²) in [5.74, 6) is -0.0185. The molecule has 0 amide bonds. The molecule has 1 aliphatic heterocycles. The number of carboxylic acids is 1. The standard InChI is InChI=1S/C15H19N3O2/c1-10-16-14-12(15(19)20)6-3-7-13(14)18(10)11-5-4-8-17(2)9-11/h3,6-7,11H,4-5,8-9H2,1-2H3,(H,19,20). The quantitative estimate of drug-likeness (QED) is 0.912. The number of carboxylic acid groups (broad SMARTS) is 1. The summed E-state index contributed by atoms with van der Waals surface area (Å²) in [5.41, 5.74) is 1.82. The van der Waals surface area contributed by atoms with E-state index in [1.54, 1.807) is 12.1 Å². The summed E-state index contributed by atoms with van der Waals surface area (Å²) in [7, 11) is 2.13. The third-order valence-electron chi connectivity index (χ3n) is 4.09. The number of likely N-dealkylation sites (tertiary alicyclic amines) is 1. The number of para-hydroxylation sites is 1. The van der Waals surface area contributed by atoms with E-state index < -0.39 is 5.97 Å². The first-order valence-corrected chi connectivity index (χ1v) is 6.97. The third kappa shape index (κ3) is 2.08. The highest BCUT2D eigenvalue weighted by Gasteiger charge is 2.23. The van der Waals surface area contributed by atoms with Gasteiger partial charge in [0.25, 0.3) is 0 Å². The van der Waals surface area contributed by atoms with E-state index in [0.717, 1.165) is 30.9 Å². The molecule has 1 aromatic heterocycles. The van der Waals surface area contributed by atoms with E-state index in [-0.39, 0.29) is 5.56 Å². The fraction of sp³-hybridized carbons (Fsp3) is 0.467. The fourth-order valence-electron chi connectivity index (χ4n) is 3.22. The number of nitrogens with zero attached hydrogens (tertiary/aromatic N) is 3. The first kappa shape index (κ1) is 13.1. The SMILES string of the molecule is Cc1nc2c(C(=O)O)cccc2n1C1CCCN(C)C1. The number of benzene rings is 1. The number of aromatic nitrogens is 2. The molecule has 1 aliphatic rings. The van der Waals surface area contributed by atoms with Crippen LogP contribution in [0.1, 0.15) is 35.1 Å². The monoisotopic (exact) mass is 273 g/mol. The molecule has 0 spiro atoms. The van der Waals surface area contributed by atoms with Crippen LogP contribution in [0, 0.1) is 6.92 Å². The largest absolute Gasteiger partial charge is 0.478 e. The number of aromatic carboxylic acids is 1. The van der Waals surface area contributed by atoms with Crippen molar-refractivity contribution in [2.45, 2.75) is 25.8 Å². The zero-order chi connectivity index (χ0) is 14.3. The second kappa shape index (κ2) is 4.90. The van der Waals surface area contributed by atoms with Crippen LogP contribution >= 0.6 is 0 Å². The first-order valence-electron chi connectivity index (χ1n) is 6.97. The van der Waals surface area contributed by atoms with Crippen molar-refractivity contribution in [3.05, 3.63) is 29.6 Å². The molecular formula is C15H19N3O2. The van der Waals surface area contributed by atoms with Crippen LogP contribution in [0.3, 0.4) is 0 Å². The maximum Gasteiger partial charge on any atom is 0.337 e. The predicted octanol–water partition coefficient (Wildman–Crippen LogP) is 2.31. The molecule has 1 fully saturated rings. The van der Waals surface area contributed by atoms with Crippen LogP contribution in [0.2, 0.25) is 0 Å². The fourth-order valence-corrected chi connectivity index (χ4v) is 3.22. The van der Waals surface area contributed by atoms with E-state index in [4.69, 9.17) is 0 Å². The molecular weight excluding hydrogens is 254 g/mol. The average Bonchev–Trinajstić information content (AvgIpc) is 2.74. The van der Waals surface area contributed by atoms with E-state index in [2.05, 4.69) is 21.5 Å². The summed E-state index contributed by atoms with van der Waals surface area (Å²) >= 11 is 0. The van der Waals surface area contributed by atoms with Crippen LogP contribution in [0.5, 0.6) is 0 Å². The van der Waals surface area contributed by atoms with E-state index >= 15 is 0 Å². The molecule has 1 atom stereocenters. The van der Waals surface area contributed by atoms with Gasteiger partial charge in [-0.3, -0.25) is 0 Å². The molecule has 3 rings (SSSR count). The molecule has 20 heavy (non-hydrogen) atoms. The van der Waals surface area contributed by atoms with Crippen LogP contribution < -0.4 is 0 Å². The highest BCUT2D eigenvalue weighted by atomic mass is 16.4. The van der Waals surface area contributed by atoms with Gasteiger partial charge in [-0.1, -0.05) is 6.07 Å². The topological polar surface area (TPSA) is 58.4 Å². The van der Waals surface area contributed by atoms with Gasteiger partial charge >= 0.3 is 5.97 Å². The van der Waals surface area contributed by atoms with Crippen molar-refractivity contribution in [2.24, 2.45) is 0 Å². The van der Waals surface area contributed by atoms with E-state index in [1.165, 1.54) is 6.42 Å². The van der Waals surface area contributed by atoms with Gasteiger partial charge in [0.1, 0.15) is 11.3 Å². The van der Waals surface area contributed by atoms with Gasteiger partial charge in [0, 0.05) is 12.6 Å². The first-order chi connectivity index (χ1) is 9.58. The van der Waals surface area contributed by atoms with Gasteiger partial charge in [-0.25, -0.2) is 9.78 Å². The smallest absolute Gasteiger partial charge is 0.337 e. The van der Waals surface area contributed by atoms with Crippen molar-refractivity contribution in [1.82, 2.24) is 14.5 Å². The molecule has 0 bridgehead atoms. The van der Waals surface area contributed by atoms with E-state index in [9.17, 15) is 9.90 Å². The minimum Gasteiger partial charge on any atom is -0.478 e. The lowest BCUT2D eigenvalue weighted by Crippen LogP contribution is -2.33. The Kier molecular flexibility index (Phi) is 3.22. The van der Waals surface area contributed by atoms with Crippen molar-refractivity contribution in [2.75, 3.05) is 20.1 Å². The molecule has 2 aromatic rings. The Labute approximate surface area is 117 Å². The Bertz CT molecular complexity index is 662. The van der Waals surface area contributed by atoms with Crippen LogP contribution in [0.25, 0.3) is 11.0 Å². The third-order valence-corrected chi connectivity index (χ3v) is 4.09. The Balaban J connectivity index is 2.14. The highest BCUT2D eigenvalue weighted by molar-refractivity contribution is 6.01. The van der Waals surface area contributed by atoms with Gasteiger partial charge in [-0.05, 0) is 45.5 Å². The number of hydrogen-bond donors (Lipinski definition) is 1. The zero-order valence-corrected chi connectivity index (χ0v) is 11.8. The zero-order valence-electron chi connectivity index (χ0n) is 11.8. The Hall–Kier alpha value is -1.88. The van der Waals surface area contributed by atoms with Crippen LogP contribution in [-0.4, -0.2) is 45.7 Å². The Morgan fingerprint density at radius 2 is 2.25 bits per heavy atom. The number of piperidine rings is 1. The number of likely N-dealkylation sites (N-methyl/N-ethyl adjacent to an activating group) is 1. The molecule has 1 aromatic carbocycles. The number of rotatable bonds is 2. The van der Waals surface area contributed by atoms with Gasteiger partial charge in [0.05, 0.1) is 11.1 Å². The second-order valence-electron chi connectivity index (χ2n) is 5.57. The summed E-state index contributed by atoms with van der Waals surface area (Å²) in [5, 5.41) is 9.28. The Morgan fingerprint density at radius 1 is 1.45 bits per heavy atom. The molecule has 1 N–H and O–H groups in total. The van der Waals surface area contributed by atoms with Crippen LogP contribution in [0.4, 0.5) is 0 Å². The minimum atomic E-state index is -0.916. The number of carbonyl (C=O) groups is 1. The normalized spacial score (nSPS) is 20.4. The lowest BCUT2D eigenvalue weighted by atomic mass is 10.1. The Morgan fingerprint density at radius 3 is 2.95 bits per heavy atom. The van der Waals surface area contributed by atoms with Gasteiger partial charge < -0.3 is 14.6 Å². The number of aryl methyl sites for hydroxylation is 1. The summed E-state index contributed by atoms with van der Waals surface area (Å²) in [6.45, 7) is 4.08. The summed E-state index contributed by atoms with van der Waals surface area (Å²) in [6, 6.07) is 5.77. The molecule has 0 saturated carbocycles. The van der Waals surface area contributed by atoms with Crippen molar-refractivity contribution >= 4 is 17.0 Å². The van der Waals surface area contributed by atoms with E-state index in [0.29, 0.717) is 11.6 Å². The molecule has 0 aliphatic carbocycles. The van der Waals surface area contributed by atoms with Gasteiger partial charge in [0.15, 0.2) is 0 Å². The summed E-state index contributed by atoms with van der Waals surface area (Å²) in [4.78, 5) is 18.1. The lowest BCUT2D eigenvalue weighted by molar-refractivity contribution is 0.0699. The van der Waals surface area contributed by atoms with Crippen LogP contribution in [-0.2, 0) is 0 Å². The summed E-state index contributed by atoms with van der Waals surface area (Å²) in [6.07, 6.45) is 2.28. The maximum absolute atomic E-state index is 11.3. The van der Waals surface area contributed by atoms with Crippen molar-refractivity contribution in [3.63, 3.8) is 0 Å². The van der Waals surface area contributed by atoms with Crippen molar-refractivity contribution < 1.29 is 9.90 Å². The average molecular weight is 273 g/mol. The van der Waals surface area contributed by atoms with Gasteiger partial charge in [0.2, 0.25) is 0 Å². The molecule has 1 unspecified atom stereocenters. The second-order valence-corrected chi connectivity index (χ2v) is 5.57. The van der Waals surface area contributed by atoms with Crippen molar-refractivity contribution in [3.8, 4) is 0 Å².